The van der Waals surface area contributed by atoms with Gasteiger partial charge in [-0.1, -0.05) is 58.4 Å². The van der Waals surface area contributed by atoms with Crippen molar-refractivity contribution in [3.05, 3.63) is 98.4 Å². The largest absolute Gasteiger partial charge is 0.483 e. The number of hydrogen-bond donors (Lipinski definition) is 2. The first-order chi connectivity index (χ1) is 13.1. The molecule has 140 valence electrons. The van der Waals surface area contributed by atoms with Crippen LogP contribution in [0.3, 0.4) is 0 Å². The molecule has 0 aliphatic carbocycles. The van der Waals surface area contributed by atoms with Crippen LogP contribution >= 0.6 is 15.9 Å². The van der Waals surface area contributed by atoms with Gasteiger partial charge >= 0.3 is 0 Å². The van der Waals surface area contributed by atoms with Crippen LogP contribution < -0.4 is 15.9 Å². The van der Waals surface area contributed by atoms with Crippen molar-refractivity contribution in [3.8, 4) is 5.75 Å². The standard InChI is InChI=1S/C21H21BrN2O3/c22-17-8-4-7-16(11-17)21(26)18-12-19(25)20(13-24(18)10-9-23)27-14-15-5-2-1-3-6-15/h1-8,11-13,21,26H,9-10,14,23H2. The van der Waals surface area contributed by atoms with Crippen molar-refractivity contribution in [2.75, 3.05) is 6.54 Å². The molecule has 1 unspecified atom stereocenters. The Morgan fingerprint density at radius 1 is 1.11 bits per heavy atom. The molecule has 0 radical (unpaired) electrons. The number of pyridine rings is 1. The minimum atomic E-state index is -0.940. The Kier molecular flexibility index (Phi) is 6.45. The molecule has 3 rings (SSSR count). The van der Waals surface area contributed by atoms with Gasteiger partial charge in [0.25, 0.3) is 0 Å². The summed E-state index contributed by atoms with van der Waals surface area (Å²) in [5.74, 6) is 0.234. The molecule has 0 saturated heterocycles. The molecule has 0 aliphatic rings. The van der Waals surface area contributed by atoms with Crippen molar-refractivity contribution in [2.24, 2.45) is 5.73 Å². The number of aromatic nitrogens is 1. The van der Waals surface area contributed by atoms with E-state index >= 15 is 0 Å². The maximum Gasteiger partial charge on any atom is 0.223 e. The summed E-state index contributed by atoms with van der Waals surface area (Å²) < 4.78 is 8.33. The number of rotatable bonds is 7. The maximum atomic E-state index is 12.5. The van der Waals surface area contributed by atoms with E-state index in [1.165, 1.54) is 6.07 Å². The van der Waals surface area contributed by atoms with Gasteiger partial charge in [0.05, 0.1) is 11.9 Å². The molecule has 1 heterocycles. The highest BCUT2D eigenvalue weighted by Gasteiger charge is 2.17. The van der Waals surface area contributed by atoms with Crippen molar-refractivity contribution < 1.29 is 9.84 Å². The Labute approximate surface area is 166 Å². The van der Waals surface area contributed by atoms with Crippen LogP contribution in [0.1, 0.15) is 22.9 Å². The van der Waals surface area contributed by atoms with Gasteiger partial charge in [0.2, 0.25) is 5.43 Å². The summed E-state index contributed by atoms with van der Waals surface area (Å²) in [6.45, 7) is 1.13. The van der Waals surface area contributed by atoms with Crippen LogP contribution in [0.4, 0.5) is 0 Å². The second kappa shape index (κ2) is 8.99. The molecule has 3 N–H and O–H groups in total. The van der Waals surface area contributed by atoms with Crippen LogP contribution in [0.2, 0.25) is 0 Å². The van der Waals surface area contributed by atoms with Gasteiger partial charge in [-0.05, 0) is 23.3 Å². The predicted molar refractivity (Wildman–Crippen MR) is 109 cm³/mol. The van der Waals surface area contributed by atoms with Crippen molar-refractivity contribution >= 4 is 15.9 Å². The Hall–Kier alpha value is -2.41. The number of ether oxygens (including phenoxy) is 1. The second-order valence-electron chi connectivity index (χ2n) is 6.14. The van der Waals surface area contributed by atoms with Crippen LogP contribution in [0, 0.1) is 0 Å². The molecule has 27 heavy (non-hydrogen) atoms. The average Bonchev–Trinajstić information content (AvgIpc) is 2.68. The lowest BCUT2D eigenvalue weighted by atomic mass is 10.1. The fourth-order valence-corrected chi connectivity index (χ4v) is 3.24. The zero-order valence-electron chi connectivity index (χ0n) is 14.7. The molecule has 0 bridgehead atoms. The molecule has 0 fully saturated rings. The first-order valence-electron chi connectivity index (χ1n) is 8.63. The van der Waals surface area contributed by atoms with E-state index < -0.39 is 6.10 Å². The molecule has 5 nitrogen and oxygen atoms in total. The minimum absolute atomic E-state index is 0.234. The van der Waals surface area contributed by atoms with E-state index in [1.807, 2.05) is 54.6 Å². The molecule has 2 aromatic carbocycles. The summed E-state index contributed by atoms with van der Waals surface area (Å²) in [6.07, 6.45) is 0.680. The molecule has 1 aromatic heterocycles. The summed E-state index contributed by atoms with van der Waals surface area (Å²) in [7, 11) is 0. The number of nitrogens with zero attached hydrogens (tertiary/aromatic N) is 1. The molecular formula is C21H21BrN2O3. The highest BCUT2D eigenvalue weighted by Crippen LogP contribution is 2.25. The SMILES string of the molecule is NCCn1cc(OCc2ccccc2)c(=O)cc1C(O)c1cccc(Br)c1. The monoisotopic (exact) mass is 428 g/mol. The van der Waals surface area contributed by atoms with E-state index in [0.717, 1.165) is 10.0 Å². The number of benzene rings is 2. The van der Waals surface area contributed by atoms with Gasteiger partial charge in [-0.25, -0.2) is 0 Å². The number of nitrogens with two attached hydrogens (primary N) is 1. The number of halogens is 1. The van der Waals surface area contributed by atoms with E-state index in [4.69, 9.17) is 10.5 Å². The van der Waals surface area contributed by atoms with Crippen molar-refractivity contribution in [1.82, 2.24) is 4.57 Å². The molecule has 6 heteroatoms. The third kappa shape index (κ3) is 4.86. The van der Waals surface area contributed by atoms with Crippen LogP contribution in [-0.4, -0.2) is 16.2 Å². The summed E-state index contributed by atoms with van der Waals surface area (Å²) in [5, 5.41) is 10.8. The van der Waals surface area contributed by atoms with Gasteiger partial charge in [0.15, 0.2) is 5.75 Å². The number of aliphatic hydroxyl groups excluding tert-OH is 1. The predicted octanol–water partition coefficient (Wildman–Crippen LogP) is 3.23. The third-order valence-corrected chi connectivity index (χ3v) is 4.67. The third-order valence-electron chi connectivity index (χ3n) is 4.18. The van der Waals surface area contributed by atoms with E-state index in [0.29, 0.717) is 31.0 Å². The quantitative estimate of drug-likeness (QED) is 0.605. The van der Waals surface area contributed by atoms with Crippen LogP contribution in [0.25, 0.3) is 0 Å². The molecule has 0 aliphatic heterocycles. The van der Waals surface area contributed by atoms with Gasteiger partial charge in [-0.3, -0.25) is 4.79 Å². The van der Waals surface area contributed by atoms with Crippen LogP contribution in [0.15, 0.2) is 76.1 Å². The summed E-state index contributed by atoms with van der Waals surface area (Å²) >= 11 is 3.40. The van der Waals surface area contributed by atoms with Gasteiger partial charge in [-0.2, -0.15) is 0 Å². The zero-order valence-corrected chi connectivity index (χ0v) is 16.3. The number of aliphatic hydroxyl groups is 1. The fourth-order valence-electron chi connectivity index (χ4n) is 2.83. The molecule has 1 atom stereocenters. The van der Waals surface area contributed by atoms with E-state index in [9.17, 15) is 9.90 Å². The molecular weight excluding hydrogens is 408 g/mol. The lowest BCUT2D eigenvalue weighted by molar-refractivity contribution is 0.207. The van der Waals surface area contributed by atoms with Crippen molar-refractivity contribution in [2.45, 2.75) is 19.3 Å². The maximum absolute atomic E-state index is 12.5. The molecule has 0 amide bonds. The molecule has 0 spiro atoms. The second-order valence-corrected chi connectivity index (χ2v) is 7.06. The molecule has 0 saturated carbocycles. The van der Waals surface area contributed by atoms with Crippen LogP contribution in [0.5, 0.6) is 5.75 Å². The highest BCUT2D eigenvalue weighted by atomic mass is 79.9. The highest BCUT2D eigenvalue weighted by molar-refractivity contribution is 9.10. The zero-order chi connectivity index (χ0) is 19.2. The lowest BCUT2D eigenvalue weighted by Gasteiger charge is -2.19. The van der Waals surface area contributed by atoms with E-state index in [2.05, 4.69) is 15.9 Å². The smallest absolute Gasteiger partial charge is 0.223 e. The summed E-state index contributed by atoms with van der Waals surface area (Å²) in [6, 6.07) is 18.4. The summed E-state index contributed by atoms with van der Waals surface area (Å²) in [5.41, 5.74) is 7.58. The Bertz CT molecular complexity index is 957. The minimum Gasteiger partial charge on any atom is -0.483 e. The lowest BCUT2D eigenvalue weighted by Crippen LogP contribution is -2.21. The van der Waals surface area contributed by atoms with Gasteiger partial charge in [0.1, 0.15) is 12.7 Å². The van der Waals surface area contributed by atoms with Gasteiger partial charge in [0, 0.05) is 23.6 Å². The first-order valence-corrected chi connectivity index (χ1v) is 9.42. The van der Waals surface area contributed by atoms with Gasteiger partial charge < -0.3 is 20.1 Å². The van der Waals surface area contributed by atoms with Crippen LogP contribution in [-0.2, 0) is 13.2 Å². The topological polar surface area (TPSA) is 77.5 Å². The first kappa shape index (κ1) is 19.4. The fraction of sp³-hybridized carbons (Fsp3) is 0.190. The Morgan fingerprint density at radius 3 is 2.59 bits per heavy atom. The number of hydrogen-bond acceptors (Lipinski definition) is 4. The van der Waals surface area contributed by atoms with E-state index in [1.54, 1.807) is 10.8 Å². The van der Waals surface area contributed by atoms with Gasteiger partial charge in [-0.15, -0.1) is 0 Å². The summed E-state index contributed by atoms with van der Waals surface area (Å²) in [4.78, 5) is 12.5. The normalized spacial score (nSPS) is 12.0. The Balaban J connectivity index is 1.90. The van der Waals surface area contributed by atoms with Crippen molar-refractivity contribution in [3.63, 3.8) is 0 Å². The van der Waals surface area contributed by atoms with Crippen molar-refractivity contribution in [1.29, 1.82) is 0 Å². The molecule has 3 aromatic rings. The Morgan fingerprint density at radius 2 is 1.89 bits per heavy atom. The average molecular weight is 429 g/mol. The van der Waals surface area contributed by atoms with E-state index in [-0.39, 0.29) is 11.2 Å².